The van der Waals surface area contributed by atoms with Gasteiger partial charge in [0.1, 0.15) is 0 Å². The fourth-order valence-corrected chi connectivity index (χ4v) is 5.57. The van der Waals surface area contributed by atoms with E-state index >= 15 is 0 Å². The molecular formula is C26H36N2O3S. The lowest BCUT2D eigenvalue weighted by Gasteiger charge is -2.24. The van der Waals surface area contributed by atoms with Gasteiger partial charge in [-0.1, -0.05) is 31.2 Å². The molecule has 0 bridgehead atoms. The van der Waals surface area contributed by atoms with E-state index in [2.05, 4.69) is 30.4 Å². The van der Waals surface area contributed by atoms with Crippen LogP contribution in [0.2, 0.25) is 0 Å². The molecule has 6 heteroatoms. The predicted octanol–water partition coefficient (Wildman–Crippen LogP) is 5.00. The first-order valence-corrected chi connectivity index (χ1v) is 13.5. The lowest BCUT2D eigenvalue weighted by atomic mass is 9.89. The van der Waals surface area contributed by atoms with Crippen LogP contribution in [0.25, 0.3) is 0 Å². The summed E-state index contributed by atoms with van der Waals surface area (Å²) in [6.07, 6.45) is 7.55. The molecule has 2 aromatic rings. The third-order valence-corrected chi connectivity index (χ3v) is 7.37. The highest BCUT2D eigenvalue weighted by Gasteiger charge is 2.20. The molecule has 0 aromatic heterocycles. The highest BCUT2D eigenvalue weighted by molar-refractivity contribution is 7.92. The van der Waals surface area contributed by atoms with E-state index in [1.165, 1.54) is 34.5 Å². The molecule has 0 saturated carbocycles. The van der Waals surface area contributed by atoms with Gasteiger partial charge in [-0.25, -0.2) is 8.42 Å². The Morgan fingerprint density at radius 2 is 1.69 bits per heavy atom. The number of nitrogens with one attached hydrogen (secondary N) is 1. The molecule has 0 heterocycles. The average molecular weight is 457 g/mol. The van der Waals surface area contributed by atoms with Crippen LogP contribution < -0.4 is 9.62 Å². The van der Waals surface area contributed by atoms with E-state index in [1.54, 1.807) is 0 Å². The first kappa shape index (κ1) is 24.3. The number of anilines is 1. The van der Waals surface area contributed by atoms with Crippen LogP contribution >= 0.6 is 0 Å². The molecule has 0 fully saturated rings. The molecule has 174 valence electrons. The van der Waals surface area contributed by atoms with E-state index in [4.69, 9.17) is 0 Å². The molecule has 1 aliphatic rings. The Morgan fingerprint density at radius 3 is 2.31 bits per heavy atom. The number of benzene rings is 2. The summed E-state index contributed by atoms with van der Waals surface area (Å²) in [4.78, 5) is 12.7. The van der Waals surface area contributed by atoms with Gasteiger partial charge in [-0.05, 0) is 92.3 Å². The molecule has 3 rings (SSSR count). The van der Waals surface area contributed by atoms with Gasteiger partial charge in [0.05, 0.1) is 18.0 Å². The maximum absolute atomic E-state index is 12.7. The van der Waals surface area contributed by atoms with Gasteiger partial charge in [-0.15, -0.1) is 0 Å². The summed E-state index contributed by atoms with van der Waals surface area (Å²) >= 11 is 0. The summed E-state index contributed by atoms with van der Waals surface area (Å²) in [5.41, 5.74) is 6.71. The topological polar surface area (TPSA) is 66.5 Å². The molecule has 2 aromatic carbocycles. The zero-order chi connectivity index (χ0) is 23.3. The average Bonchev–Trinajstić information content (AvgIpc) is 2.73. The number of hydrogen-bond donors (Lipinski definition) is 1. The molecule has 0 aliphatic heterocycles. The minimum absolute atomic E-state index is 0.0137. The summed E-state index contributed by atoms with van der Waals surface area (Å²) in [6.45, 7) is 6.27. The van der Waals surface area contributed by atoms with Crippen molar-refractivity contribution in [1.29, 1.82) is 0 Å². The summed E-state index contributed by atoms with van der Waals surface area (Å²) in [6, 6.07) is 12.4. The van der Waals surface area contributed by atoms with Gasteiger partial charge in [0.15, 0.2) is 0 Å². The van der Waals surface area contributed by atoms with Gasteiger partial charge in [0.25, 0.3) is 0 Å². The highest BCUT2D eigenvalue weighted by Crippen LogP contribution is 2.26. The Morgan fingerprint density at radius 1 is 1.03 bits per heavy atom. The molecule has 0 radical (unpaired) electrons. The molecule has 0 saturated heterocycles. The molecule has 0 unspecified atom stereocenters. The second-order valence-corrected chi connectivity index (χ2v) is 11.0. The largest absolute Gasteiger partial charge is 0.349 e. The standard InChI is InChI=1S/C26H36N2O3S/c1-5-25(23-13-12-21-9-6-7-10-22(21)18-23)27-26(29)11-8-14-28(32(4,30)31)24-16-19(2)15-20(3)17-24/h12-13,15-18,25H,5-11,14H2,1-4H3,(H,27,29)/t25-/m1/s1. The van der Waals surface area contributed by atoms with Crippen LogP contribution in [0.1, 0.15) is 72.9 Å². The minimum atomic E-state index is -3.43. The van der Waals surface area contributed by atoms with E-state index in [9.17, 15) is 13.2 Å². The molecular weight excluding hydrogens is 420 g/mol. The van der Waals surface area contributed by atoms with Crippen LogP contribution in [-0.2, 0) is 27.7 Å². The molecule has 5 nitrogen and oxygen atoms in total. The Balaban J connectivity index is 1.61. The predicted molar refractivity (Wildman–Crippen MR) is 132 cm³/mol. The van der Waals surface area contributed by atoms with Crippen molar-refractivity contribution in [3.63, 3.8) is 0 Å². The van der Waals surface area contributed by atoms with Crippen molar-refractivity contribution >= 4 is 21.6 Å². The van der Waals surface area contributed by atoms with Gasteiger partial charge >= 0.3 is 0 Å². The fourth-order valence-electron chi connectivity index (χ4n) is 4.62. The maximum Gasteiger partial charge on any atom is 0.232 e. The monoisotopic (exact) mass is 456 g/mol. The number of sulfonamides is 1. The number of carbonyl (C=O) groups excluding carboxylic acids is 1. The highest BCUT2D eigenvalue weighted by atomic mass is 32.2. The quantitative estimate of drug-likeness (QED) is 0.578. The zero-order valence-electron chi connectivity index (χ0n) is 19.8. The molecule has 1 amide bonds. The Kier molecular flexibility index (Phi) is 7.99. The zero-order valence-corrected chi connectivity index (χ0v) is 20.6. The summed E-state index contributed by atoms with van der Waals surface area (Å²) < 4.78 is 26.2. The first-order chi connectivity index (χ1) is 15.2. The lowest BCUT2D eigenvalue weighted by molar-refractivity contribution is -0.121. The van der Waals surface area contributed by atoms with Crippen molar-refractivity contribution in [2.45, 2.75) is 71.8 Å². The van der Waals surface area contributed by atoms with Crippen molar-refractivity contribution in [3.8, 4) is 0 Å². The van der Waals surface area contributed by atoms with Crippen molar-refractivity contribution < 1.29 is 13.2 Å². The van der Waals surface area contributed by atoms with Crippen LogP contribution in [0, 0.1) is 13.8 Å². The normalized spacial score (nSPS) is 14.5. The number of amides is 1. The van der Waals surface area contributed by atoms with Crippen molar-refractivity contribution in [3.05, 3.63) is 64.2 Å². The molecule has 1 N–H and O–H groups in total. The van der Waals surface area contributed by atoms with Crippen LogP contribution in [0.3, 0.4) is 0 Å². The molecule has 32 heavy (non-hydrogen) atoms. The summed E-state index contributed by atoms with van der Waals surface area (Å²) in [5.74, 6) is -0.0385. The van der Waals surface area contributed by atoms with E-state index in [-0.39, 0.29) is 24.9 Å². The number of carbonyl (C=O) groups is 1. The van der Waals surface area contributed by atoms with E-state index in [0.717, 1.165) is 36.0 Å². The van der Waals surface area contributed by atoms with Crippen molar-refractivity contribution in [2.75, 3.05) is 17.1 Å². The van der Waals surface area contributed by atoms with E-state index in [0.29, 0.717) is 12.1 Å². The fraction of sp³-hybridized carbons (Fsp3) is 0.500. The molecule has 1 aliphatic carbocycles. The van der Waals surface area contributed by atoms with Gasteiger partial charge in [0.2, 0.25) is 15.9 Å². The Bertz CT molecular complexity index is 1040. The SMILES string of the molecule is CC[C@@H](NC(=O)CCCN(c1cc(C)cc(C)c1)S(C)(=O)=O)c1ccc2c(c1)CCCC2. The molecule has 0 spiro atoms. The van der Waals surface area contributed by atoms with E-state index in [1.807, 2.05) is 32.0 Å². The Labute approximate surface area is 193 Å². The van der Waals surface area contributed by atoms with Crippen LogP contribution in [0.15, 0.2) is 36.4 Å². The third-order valence-electron chi connectivity index (χ3n) is 6.18. The second-order valence-electron chi connectivity index (χ2n) is 9.05. The number of nitrogens with zero attached hydrogens (tertiary/aromatic N) is 1. The summed E-state index contributed by atoms with van der Waals surface area (Å²) in [5, 5.41) is 3.15. The van der Waals surface area contributed by atoms with E-state index < -0.39 is 10.0 Å². The smallest absolute Gasteiger partial charge is 0.232 e. The minimum Gasteiger partial charge on any atom is -0.349 e. The van der Waals surface area contributed by atoms with Gasteiger partial charge in [-0.2, -0.15) is 0 Å². The van der Waals surface area contributed by atoms with Crippen LogP contribution in [0.4, 0.5) is 5.69 Å². The van der Waals surface area contributed by atoms with Gasteiger partial charge in [0, 0.05) is 13.0 Å². The van der Waals surface area contributed by atoms with Crippen LogP contribution in [-0.4, -0.2) is 27.1 Å². The van der Waals surface area contributed by atoms with Crippen molar-refractivity contribution in [2.24, 2.45) is 0 Å². The van der Waals surface area contributed by atoms with Gasteiger partial charge in [-0.3, -0.25) is 9.10 Å². The second kappa shape index (κ2) is 10.5. The number of fused-ring (bicyclic) bond motifs is 1. The molecule has 1 atom stereocenters. The van der Waals surface area contributed by atoms with Gasteiger partial charge < -0.3 is 5.32 Å². The number of hydrogen-bond acceptors (Lipinski definition) is 3. The number of rotatable bonds is 9. The first-order valence-electron chi connectivity index (χ1n) is 11.6. The maximum atomic E-state index is 12.7. The Hall–Kier alpha value is -2.34. The van der Waals surface area contributed by atoms with Crippen LogP contribution in [0.5, 0.6) is 0 Å². The summed E-state index contributed by atoms with van der Waals surface area (Å²) in [7, 11) is -3.43. The third kappa shape index (κ3) is 6.35. The number of aryl methyl sites for hydroxylation is 4. The lowest BCUT2D eigenvalue weighted by Crippen LogP contribution is -2.33. The van der Waals surface area contributed by atoms with Crippen molar-refractivity contribution in [1.82, 2.24) is 5.32 Å².